The Bertz CT molecular complexity index is 836. The number of nitrogens with zero attached hydrogens (tertiary/aromatic N) is 1. The topological polar surface area (TPSA) is 55.5 Å². The molecule has 1 aromatic carbocycles. The molecule has 0 aliphatic rings. The molecular weight excluding hydrogens is 390 g/mol. The minimum Gasteiger partial charge on any atom is -0.372 e. The zero-order valence-corrected chi connectivity index (χ0v) is 20.7. The Morgan fingerprint density at radius 1 is 1.03 bits per heavy atom. The highest BCUT2D eigenvalue weighted by Gasteiger charge is 2.43. The van der Waals surface area contributed by atoms with Gasteiger partial charge in [0, 0.05) is 0 Å². The lowest BCUT2D eigenvalue weighted by molar-refractivity contribution is -0.0178. The Hall–Kier alpha value is -1.87. The number of rotatable bonds is 8. The fraction of sp³-hybridized carbons (Fsp3) is 0.560. The maximum absolute atomic E-state index is 11.7. The summed E-state index contributed by atoms with van der Waals surface area (Å²) in [6, 6.07) is 9.95. The molecule has 0 bridgehead atoms. The standard InChI is InChI=1S/C25H37NO3Si/c1-18(2)30(19(3)4,20(5)6)15-14-25(27,24-21(7)26-29-22(24)8)17-28-16-23-12-10-9-11-13-23/h9-13,18-20,27H,16-17H2,1-8H3. The number of aromatic nitrogens is 1. The van der Waals surface area contributed by atoms with Crippen LogP contribution in [0.1, 0.15) is 64.1 Å². The average Bonchev–Trinajstić information content (AvgIpc) is 3.01. The molecule has 30 heavy (non-hydrogen) atoms. The van der Waals surface area contributed by atoms with Crippen molar-refractivity contribution in [1.29, 1.82) is 0 Å². The van der Waals surface area contributed by atoms with Crippen molar-refractivity contribution in [1.82, 2.24) is 5.16 Å². The van der Waals surface area contributed by atoms with Crippen LogP contribution in [-0.4, -0.2) is 24.9 Å². The normalized spacial score (nSPS) is 14.1. The van der Waals surface area contributed by atoms with Gasteiger partial charge in [-0.3, -0.25) is 0 Å². The molecule has 0 spiro atoms. The van der Waals surface area contributed by atoms with Gasteiger partial charge in [0.05, 0.1) is 24.5 Å². The van der Waals surface area contributed by atoms with Gasteiger partial charge in [-0.15, -0.1) is 5.54 Å². The van der Waals surface area contributed by atoms with E-state index in [2.05, 4.69) is 58.2 Å². The van der Waals surface area contributed by atoms with Gasteiger partial charge in [-0.25, -0.2) is 0 Å². The Morgan fingerprint density at radius 3 is 2.07 bits per heavy atom. The van der Waals surface area contributed by atoms with Crippen molar-refractivity contribution in [3.05, 3.63) is 52.9 Å². The van der Waals surface area contributed by atoms with Crippen LogP contribution in [0, 0.1) is 25.3 Å². The van der Waals surface area contributed by atoms with E-state index < -0.39 is 13.7 Å². The van der Waals surface area contributed by atoms with Gasteiger partial charge >= 0.3 is 0 Å². The highest BCUT2D eigenvalue weighted by Crippen LogP contribution is 2.41. The molecule has 5 heteroatoms. The first-order valence-corrected chi connectivity index (χ1v) is 13.1. The van der Waals surface area contributed by atoms with Crippen molar-refractivity contribution in [2.24, 2.45) is 0 Å². The van der Waals surface area contributed by atoms with Gasteiger partial charge in [-0.2, -0.15) is 0 Å². The summed E-state index contributed by atoms with van der Waals surface area (Å²) in [4.78, 5) is 0. The third-order valence-electron chi connectivity index (χ3n) is 6.22. The molecule has 0 saturated carbocycles. The molecule has 0 saturated heterocycles. The lowest BCUT2D eigenvalue weighted by Crippen LogP contribution is -2.44. The van der Waals surface area contributed by atoms with Crippen molar-refractivity contribution in [2.75, 3.05) is 6.61 Å². The van der Waals surface area contributed by atoms with Crippen molar-refractivity contribution < 1.29 is 14.4 Å². The molecule has 1 atom stereocenters. The highest BCUT2D eigenvalue weighted by molar-refractivity contribution is 6.90. The number of benzene rings is 1. The predicted octanol–water partition coefficient (Wildman–Crippen LogP) is 5.92. The minimum atomic E-state index is -2.02. The number of hydrogen-bond acceptors (Lipinski definition) is 4. The van der Waals surface area contributed by atoms with Crippen LogP contribution >= 0.6 is 0 Å². The molecule has 2 rings (SSSR count). The first-order chi connectivity index (χ1) is 14.0. The molecule has 164 valence electrons. The summed E-state index contributed by atoms with van der Waals surface area (Å²) < 4.78 is 11.3. The van der Waals surface area contributed by atoms with Gasteiger partial charge in [-0.05, 0) is 36.0 Å². The molecule has 4 nitrogen and oxygen atoms in total. The molecule has 1 heterocycles. The minimum absolute atomic E-state index is 0.0660. The summed E-state index contributed by atoms with van der Waals surface area (Å²) in [6.07, 6.45) is 0. The smallest absolute Gasteiger partial charge is 0.179 e. The summed E-state index contributed by atoms with van der Waals surface area (Å²) in [6.45, 7) is 17.7. The lowest BCUT2D eigenvalue weighted by atomic mass is 9.94. The second-order valence-corrected chi connectivity index (χ2v) is 14.8. The van der Waals surface area contributed by atoms with Crippen LogP contribution in [0.4, 0.5) is 0 Å². The summed E-state index contributed by atoms with van der Waals surface area (Å²) in [5.74, 6) is 3.88. The van der Waals surface area contributed by atoms with E-state index in [0.717, 1.165) is 5.56 Å². The Kier molecular flexibility index (Phi) is 8.10. The summed E-state index contributed by atoms with van der Waals surface area (Å²) in [7, 11) is -2.02. The van der Waals surface area contributed by atoms with Gasteiger partial charge in [0.25, 0.3) is 0 Å². The van der Waals surface area contributed by atoms with Gasteiger partial charge < -0.3 is 14.4 Å². The third kappa shape index (κ3) is 5.05. The second-order valence-electron chi connectivity index (χ2n) is 9.18. The molecule has 2 aromatic rings. The molecule has 0 radical (unpaired) electrons. The van der Waals surface area contributed by atoms with Gasteiger partial charge in [-0.1, -0.05) is 83.0 Å². The van der Waals surface area contributed by atoms with Crippen molar-refractivity contribution in [2.45, 2.75) is 84.2 Å². The Labute approximate surface area is 183 Å². The molecular formula is C25H37NO3Si. The zero-order chi connectivity index (χ0) is 22.5. The maximum atomic E-state index is 11.7. The van der Waals surface area contributed by atoms with Crippen LogP contribution in [0.2, 0.25) is 16.6 Å². The van der Waals surface area contributed by atoms with E-state index in [-0.39, 0.29) is 6.61 Å². The Balaban J connectivity index is 2.46. The zero-order valence-electron chi connectivity index (χ0n) is 19.7. The first kappa shape index (κ1) is 24.4. The molecule has 0 amide bonds. The molecule has 1 unspecified atom stereocenters. The fourth-order valence-corrected chi connectivity index (χ4v) is 10.1. The summed E-state index contributed by atoms with van der Waals surface area (Å²) >= 11 is 0. The van der Waals surface area contributed by atoms with Crippen LogP contribution < -0.4 is 0 Å². The molecule has 0 fully saturated rings. The monoisotopic (exact) mass is 427 g/mol. The van der Waals surface area contributed by atoms with Crippen LogP contribution in [0.3, 0.4) is 0 Å². The van der Waals surface area contributed by atoms with Crippen molar-refractivity contribution in [3.63, 3.8) is 0 Å². The van der Waals surface area contributed by atoms with E-state index in [1.54, 1.807) is 0 Å². The fourth-order valence-electron chi connectivity index (χ4n) is 4.78. The van der Waals surface area contributed by atoms with E-state index in [1.165, 1.54) is 0 Å². The van der Waals surface area contributed by atoms with Crippen LogP contribution in [0.15, 0.2) is 34.9 Å². The summed E-state index contributed by atoms with van der Waals surface area (Å²) in [5, 5.41) is 15.8. The van der Waals surface area contributed by atoms with E-state index >= 15 is 0 Å². The van der Waals surface area contributed by atoms with Crippen molar-refractivity contribution >= 4 is 8.07 Å². The predicted molar refractivity (Wildman–Crippen MR) is 125 cm³/mol. The third-order valence-corrected chi connectivity index (χ3v) is 12.5. The van der Waals surface area contributed by atoms with Gasteiger partial charge in [0.2, 0.25) is 0 Å². The van der Waals surface area contributed by atoms with E-state index in [9.17, 15) is 5.11 Å². The van der Waals surface area contributed by atoms with E-state index in [4.69, 9.17) is 9.26 Å². The highest BCUT2D eigenvalue weighted by atomic mass is 28.3. The van der Waals surface area contributed by atoms with Gasteiger partial charge in [0.1, 0.15) is 13.8 Å². The molecule has 1 N–H and O–H groups in total. The number of aryl methyl sites for hydroxylation is 2. The second kappa shape index (κ2) is 9.96. The van der Waals surface area contributed by atoms with Gasteiger partial charge in [0.15, 0.2) is 5.60 Å². The molecule has 0 aliphatic heterocycles. The van der Waals surface area contributed by atoms with E-state index in [0.29, 0.717) is 40.2 Å². The van der Waals surface area contributed by atoms with Crippen molar-refractivity contribution in [3.8, 4) is 11.5 Å². The quantitative estimate of drug-likeness (QED) is 0.420. The SMILES string of the molecule is Cc1noc(C)c1C(O)(C#C[Si](C(C)C)(C(C)C)C(C)C)COCc1ccccc1. The van der Waals surface area contributed by atoms with Crippen LogP contribution in [-0.2, 0) is 16.9 Å². The van der Waals surface area contributed by atoms with E-state index in [1.807, 2.05) is 44.2 Å². The van der Waals surface area contributed by atoms with Crippen LogP contribution in [0.25, 0.3) is 0 Å². The molecule has 1 aromatic heterocycles. The Morgan fingerprint density at radius 2 is 1.60 bits per heavy atom. The lowest BCUT2D eigenvalue weighted by Gasteiger charge is -2.38. The maximum Gasteiger partial charge on any atom is 0.179 e. The van der Waals surface area contributed by atoms with Crippen LogP contribution in [0.5, 0.6) is 0 Å². The first-order valence-electron chi connectivity index (χ1n) is 10.9. The average molecular weight is 428 g/mol. The number of aliphatic hydroxyl groups is 1. The number of ether oxygens (including phenoxy) is 1. The largest absolute Gasteiger partial charge is 0.372 e. The summed E-state index contributed by atoms with van der Waals surface area (Å²) in [5.41, 5.74) is 5.96. The number of hydrogen-bond donors (Lipinski definition) is 1. The molecule has 0 aliphatic carbocycles.